The van der Waals surface area contributed by atoms with E-state index in [-0.39, 0.29) is 17.2 Å². The van der Waals surface area contributed by atoms with Gasteiger partial charge in [0, 0.05) is 5.56 Å². The van der Waals surface area contributed by atoms with Crippen molar-refractivity contribution in [3.8, 4) is 0 Å². The van der Waals surface area contributed by atoms with Crippen LogP contribution in [0.15, 0.2) is 4.52 Å². The summed E-state index contributed by atoms with van der Waals surface area (Å²) in [7, 11) is 0. The summed E-state index contributed by atoms with van der Waals surface area (Å²) >= 11 is 0. The third-order valence-corrected chi connectivity index (χ3v) is 3.03. The molecule has 1 aliphatic heterocycles. The van der Waals surface area contributed by atoms with Gasteiger partial charge in [0.15, 0.2) is 11.5 Å². The molecule has 0 radical (unpaired) electrons. The number of carboxylic acids is 1. The van der Waals surface area contributed by atoms with Crippen molar-refractivity contribution in [2.24, 2.45) is 5.41 Å². The number of nitrogens with zero attached hydrogens (tertiary/aromatic N) is 1. The van der Waals surface area contributed by atoms with Crippen molar-refractivity contribution >= 4 is 5.97 Å². The Morgan fingerprint density at radius 1 is 1.44 bits per heavy atom. The molecule has 2 unspecified atom stereocenters. The van der Waals surface area contributed by atoms with Gasteiger partial charge in [0.05, 0.1) is 12.7 Å². The van der Waals surface area contributed by atoms with E-state index in [1.165, 1.54) is 0 Å². The highest BCUT2D eigenvalue weighted by molar-refractivity contribution is 5.87. The van der Waals surface area contributed by atoms with E-state index >= 15 is 0 Å². The van der Waals surface area contributed by atoms with Gasteiger partial charge in [-0.2, -0.15) is 0 Å². The summed E-state index contributed by atoms with van der Waals surface area (Å²) in [5, 5.41) is 12.4. The standard InChI is InChI=1S/C12H17NO5/c1-6-8(10(14)15)13-18-9(6)11-16-5-7(17-11)12(2,3)4/h7,11H,5H2,1-4H3,(H,14,15). The predicted molar refractivity (Wildman–Crippen MR) is 61.2 cm³/mol. The normalized spacial score (nSPS) is 24.4. The molecule has 18 heavy (non-hydrogen) atoms. The van der Waals surface area contributed by atoms with Crippen molar-refractivity contribution in [3.05, 3.63) is 17.0 Å². The molecule has 6 nitrogen and oxygen atoms in total. The zero-order chi connectivity index (χ0) is 13.5. The largest absolute Gasteiger partial charge is 0.476 e. The van der Waals surface area contributed by atoms with E-state index in [9.17, 15) is 4.79 Å². The van der Waals surface area contributed by atoms with E-state index in [1.807, 2.05) is 0 Å². The van der Waals surface area contributed by atoms with Crippen molar-refractivity contribution in [1.82, 2.24) is 5.16 Å². The van der Waals surface area contributed by atoms with Crippen molar-refractivity contribution < 1.29 is 23.9 Å². The molecule has 1 fully saturated rings. The Balaban J connectivity index is 2.18. The summed E-state index contributed by atoms with van der Waals surface area (Å²) in [6.45, 7) is 8.25. The smallest absolute Gasteiger partial charge is 0.358 e. The molecule has 1 aromatic heterocycles. The highest BCUT2D eigenvalue weighted by atomic mass is 16.7. The molecule has 1 aromatic rings. The molecule has 2 heterocycles. The van der Waals surface area contributed by atoms with Gasteiger partial charge in [0.1, 0.15) is 0 Å². The lowest BCUT2D eigenvalue weighted by Gasteiger charge is -2.24. The zero-order valence-corrected chi connectivity index (χ0v) is 10.9. The Bertz CT molecular complexity index is 460. The summed E-state index contributed by atoms with van der Waals surface area (Å²) in [6, 6.07) is 0. The predicted octanol–water partition coefficient (Wildman–Crippen LogP) is 2.14. The van der Waals surface area contributed by atoms with Gasteiger partial charge in [-0.3, -0.25) is 0 Å². The number of aromatic nitrogens is 1. The molecule has 100 valence electrons. The van der Waals surface area contributed by atoms with Gasteiger partial charge in [-0.05, 0) is 12.3 Å². The highest BCUT2D eigenvalue weighted by Crippen LogP contribution is 2.36. The highest BCUT2D eigenvalue weighted by Gasteiger charge is 2.38. The minimum atomic E-state index is -1.12. The summed E-state index contributed by atoms with van der Waals surface area (Å²) in [4.78, 5) is 10.9. The average molecular weight is 255 g/mol. The van der Waals surface area contributed by atoms with Gasteiger partial charge in [-0.25, -0.2) is 4.79 Å². The second kappa shape index (κ2) is 4.37. The Kier molecular flexibility index (Phi) is 3.16. The van der Waals surface area contributed by atoms with E-state index in [0.717, 1.165) is 0 Å². The summed E-state index contributed by atoms with van der Waals surface area (Å²) < 4.78 is 16.3. The number of ether oxygens (including phenoxy) is 2. The van der Waals surface area contributed by atoms with Gasteiger partial charge in [-0.15, -0.1) is 0 Å². The SMILES string of the molecule is Cc1c(C(=O)O)noc1C1OCC(C(C)(C)C)O1. The molecule has 1 saturated heterocycles. The monoisotopic (exact) mass is 255 g/mol. The molecule has 0 saturated carbocycles. The van der Waals surface area contributed by atoms with Gasteiger partial charge < -0.3 is 19.1 Å². The Morgan fingerprint density at radius 2 is 2.11 bits per heavy atom. The maximum absolute atomic E-state index is 10.9. The first kappa shape index (κ1) is 13.0. The molecule has 0 aliphatic carbocycles. The van der Waals surface area contributed by atoms with Crippen molar-refractivity contribution in [1.29, 1.82) is 0 Å². The Labute approximate surface area is 105 Å². The van der Waals surface area contributed by atoms with E-state index in [2.05, 4.69) is 25.9 Å². The Morgan fingerprint density at radius 3 is 2.56 bits per heavy atom. The second-order valence-electron chi connectivity index (χ2n) is 5.48. The van der Waals surface area contributed by atoms with Gasteiger partial charge in [0.2, 0.25) is 6.29 Å². The quantitative estimate of drug-likeness (QED) is 0.871. The van der Waals surface area contributed by atoms with E-state index in [1.54, 1.807) is 6.92 Å². The summed E-state index contributed by atoms with van der Waals surface area (Å²) in [5.74, 6) is -0.785. The van der Waals surface area contributed by atoms with Crippen LogP contribution in [-0.2, 0) is 9.47 Å². The van der Waals surface area contributed by atoms with Crippen LogP contribution in [0.4, 0.5) is 0 Å². The molecule has 0 amide bonds. The maximum atomic E-state index is 10.9. The Hall–Kier alpha value is -1.40. The van der Waals surface area contributed by atoms with Crippen LogP contribution < -0.4 is 0 Å². The second-order valence-corrected chi connectivity index (χ2v) is 5.48. The number of hydrogen-bond acceptors (Lipinski definition) is 5. The molecule has 6 heteroatoms. The third kappa shape index (κ3) is 2.26. The van der Waals surface area contributed by atoms with Crippen molar-refractivity contribution in [3.63, 3.8) is 0 Å². The molecule has 2 rings (SSSR count). The van der Waals surface area contributed by atoms with E-state index in [0.29, 0.717) is 17.9 Å². The molecular weight excluding hydrogens is 238 g/mol. The van der Waals surface area contributed by atoms with Crippen LogP contribution >= 0.6 is 0 Å². The first-order chi connectivity index (χ1) is 8.30. The van der Waals surface area contributed by atoms with Crippen LogP contribution in [0.2, 0.25) is 0 Å². The lowest BCUT2D eigenvalue weighted by molar-refractivity contribution is -0.0930. The number of hydrogen-bond donors (Lipinski definition) is 1. The fourth-order valence-corrected chi connectivity index (χ4v) is 1.76. The first-order valence-corrected chi connectivity index (χ1v) is 5.77. The molecule has 0 bridgehead atoms. The summed E-state index contributed by atoms with van der Waals surface area (Å²) in [5.41, 5.74) is 0.302. The fourth-order valence-electron chi connectivity index (χ4n) is 1.76. The lowest BCUT2D eigenvalue weighted by Crippen LogP contribution is -2.28. The number of carbonyl (C=O) groups is 1. The van der Waals surface area contributed by atoms with Crippen LogP contribution in [0.1, 0.15) is 48.9 Å². The zero-order valence-electron chi connectivity index (χ0n) is 10.9. The average Bonchev–Trinajstić information content (AvgIpc) is 2.81. The molecule has 1 aliphatic rings. The van der Waals surface area contributed by atoms with Gasteiger partial charge >= 0.3 is 5.97 Å². The van der Waals surface area contributed by atoms with Crippen LogP contribution in [0.25, 0.3) is 0 Å². The topological polar surface area (TPSA) is 81.8 Å². The lowest BCUT2D eigenvalue weighted by atomic mass is 9.90. The minimum Gasteiger partial charge on any atom is -0.476 e. The van der Waals surface area contributed by atoms with Crippen molar-refractivity contribution in [2.75, 3.05) is 6.61 Å². The molecule has 2 atom stereocenters. The van der Waals surface area contributed by atoms with E-state index in [4.69, 9.17) is 19.1 Å². The maximum Gasteiger partial charge on any atom is 0.358 e. The number of carboxylic acid groups (broad SMARTS) is 1. The molecule has 1 N–H and O–H groups in total. The van der Waals surface area contributed by atoms with Gasteiger partial charge in [0.25, 0.3) is 0 Å². The summed E-state index contributed by atoms with van der Waals surface area (Å²) in [6.07, 6.45) is -0.727. The molecule has 0 spiro atoms. The van der Waals surface area contributed by atoms with Crippen LogP contribution in [0.5, 0.6) is 0 Å². The van der Waals surface area contributed by atoms with Gasteiger partial charge in [-0.1, -0.05) is 25.9 Å². The van der Waals surface area contributed by atoms with E-state index < -0.39 is 12.3 Å². The number of aromatic carboxylic acids is 1. The third-order valence-electron chi connectivity index (χ3n) is 3.03. The number of rotatable bonds is 2. The van der Waals surface area contributed by atoms with Crippen LogP contribution in [-0.4, -0.2) is 28.9 Å². The molecule has 0 aromatic carbocycles. The minimum absolute atomic E-state index is 0.0433. The van der Waals surface area contributed by atoms with Crippen LogP contribution in [0.3, 0.4) is 0 Å². The van der Waals surface area contributed by atoms with Crippen molar-refractivity contribution in [2.45, 2.75) is 40.1 Å². The fraction of sp³-hybridized carbons (Fsp3) is 0.667. The van der Waals surface area contributed by atoms with Crippen LogP contribution in [0, 0.1) is 12.3 Å². The molecular formula is C12H17NO5. The first-order valence-electron chi connectivity index (χ1n) is 5.77.